The molecule has 0 heterocycles. The molecule has 25 heavy (non-hydrogen) atoms. The van der Waals surface area contributed by atoms with E-state index in [4.69, 9.17) is 16.3 Å². The summed E-state index contributed by atoms with van der Waals surface area (Å²) in [4.78, 5) is 24.7. The maximum absolute atomic E-state index is 12.7. The molecule has 1 aromatic rings. The van der Waals surface area contributed by atoms with Crippen molar-refractivity contribution >= 4 is 29.2 Å². The predicted molar refractivity (Wildman–Crippen MR) is 93.1 cm³/mol. The van der Waals surface area contributed by atoms with Gasteiger partial charge in [-0.1, -0.05) is 11.6 Å². The van der Waals surface area contributed by atoms with E-state index in [0.717, 1.165) is 32.1 Å². The van der Waals surface area contributed by atoms with Gasteiger partial charge in [-0.2, -0.15) is 0 Å². The summed E-state index contributed by atoms with van der Waals surface area (Å²) in [6.45, 7) is -0.309. The molecule has 0 aliphatic heterocycles. The van der Waals surface area contributed by atoms with Gasteiger partial charge in [0.25, 0.3) is 5.91 Å². The van der Waals surface area contributed by atoms with Crippen molar-refractivity contribution in [2.45, 2.75) is 44.1 Å². The van der Waals surface area contributed by atoms with Crippen molar-refractivity contribution in [1.29, 1.82) is 0 Å². The Morgan fingerprint density at radius 2 is 1.80 bits per heavy atom. The van der Waals surface area contributed by atoms with Gasteiger partial charge in [-0.3, -0.25) is 9.59 Å². The summed E-state index contributed by atoms with van der Waals surface area (Å²) in [5.74, 6) is 0.105. The Kier molecular flexibility index (Phi) is 4.04. The van der Waals surface area contributed by atoms with Gasteiger partial charge in [0, 0.05) is 10.7 Å². The second-order valence-corrected chi connectivity index (χ2v) is 8.53. The van der Waals surface area contributed by atoms with E-state index >= 15 is 0 Å². The van der Waals surface area contributed by atoms with Gasteiger partial charge in [-0.05, 0) is 74.6 Å². The summed E-state index contributed by atoms with van der Waals surface area (Å²) in [7, 11) is 0. The maximum atomic E-state index is 12.7. The molecule has 0 spiro atoms. The number of hydrogen-bond acceptors (Lipinski definition) is 4. The van der Waals surface area contributed by atoms with E-state index in [1.807, 2.05) is 0 Å². The third-order valence-corrected chi connectivity index (χ3v) is 6.18. The average molecular weight is 364 g/mol. The zero-order valence-electron chi connectivity index (χ0n) is 14.0. The molecule has 4 saturated carbocycles. The molecule has 4 aliphatic carbocycles. The highest BCUT2D eigenvalue weighted by atomic mass is 35.5. The first-order valence-corrected chi connectivity index (χ1v) is 9.19. The van der Waals surface area contributed by atoms with Gasteiger partial charge in [0.2, 0.25) is 0 Å². The van der Waals surface area contributed by atoms with E-state index in [1.165, 1.54) is 0 Å². The SMILES string of the molecule is O=C(COC(=O)C12C[C@@H]3C[C@@H](CC(O)(C3)C1)C2)Nc1ccc(Cl)cc1. The van der Waals surface area contributed by atoms with Crippen molar-refractivity contribution < 1.29 is 19.4 Å². The quantitative estimate of drug-likeness (QED) is 0.806. The number of carbonyl (C=O) groups excluding carboxylic acids is 2. The molecule has 0 saturated heterocycles. The minimum Gasteiger partial charge on any atom is -0.455 e. The zero-order valence-corrected chi connectivity index (χ0v) is 14.7. The summed E-state index contributed by atoms with van der Waals surface area (Å²) in [5.41, 5.74) is -0.705. The molecule has 5 rings (SSSR count). The Labute approximate surface area is 151 Å². The summed E-state index contributed by atoms with van der Waals surface area (Å²) >= 11 is 5.81. The number of esters is 1. The second kappa shape index (κ2) is 5.99. The lowest BCUT2D eigenvalue weighted by Crippen LogP contribution is -2.58. The van der Waals surface area contributed by atoms with Gasteiger partial charge in [0.1, 0.15) is 0 Å². The van der Waals surface area contributed by atoms with E-state index in [2.05, 4.69) is 5.32 Å². The van der Waals surface area contributed by atoms with Gasteiger partial charge in [0.05, 0.1) is 11.0 Å². The monoisotopic (exact) mass is 363 g/mol. The fourth-order valence-corrected chi connectivity index (χ4v) is 5.59. The largest absolute Gasteiger partial charge is 0.455 e. The summed E-state index contributed by atoms with van der Waals surface area (Å²) < 4.78 is 5.34. The lowest BCUT2D eigenvalue weighted by Gasteiger charge is -2.58. The average Bonchev–Trinajstić information content (AvgIpc) is 2.52. The van der Waals surface area contributed by atoms with Crippen LogP contribution < -0.4 is 5.32 Å². The van der Waals surface area contributed by atoms with Crippen LogP contribution in [0.5, 0.6) is 0 Å². The van der Waals surface area contributed by atoms with Crippen LogP contribution in [0.4, 0.5) is 5.69 Å². The fraction of sp³-hybridized carbons (Fsp3) is 0.579. The maximum Gasteiger partial charge on any atom is 0.312 e. The van der Waals surface area contributed by atoms with Gasteiger partial charge >= 0.3 is 5.97 Å². The Balaban J connectivity index is 1.36. The molecule has 4 bridgehead atoms. The molecule has 6 heteroatoms. The van der Waals surface area contributed by atoms with Crippen molar-refractivity contribution in [3.8, 4) is 0 Å². The molecule has 0 radical (unpaired) electrons. The number of rotatable bonds is 4. The number of amides is 1. The second-order valence-electron chi connectivity index (χ2n) is 8.10. The number of carbonyl (C=O) groups is 2. The normalized spacial score (nSPS) is 35.4. The number of anilines is 1. The molecule has 2 unspecified atom stereocenters. The Morgan fingerprint density at radius 1 is 1.16 bits per heavy atom. The molecular formula is C19H22ClNO4. The van der Waals surface area contributed by atoms with Crippen molar-refractivity contribution in [3.63, 3.8) is 0 Å². The van der Waals surface area contributed by atoms with Gasteiger partial charge in [0.15, 0.2) is 6.61 Å². The minimum atomic E-state index is -0.714. The minimum absolute atomic E-state index is 0.309. The standard InChI is InChI=1S/C19H22ClNO4/c20-14-1-3-15(4-2-14)21-16(22)10-25-17(23)18-6-12-5-13(7-18)9-19(24,8-12)11-18/h1-4,12-13,24H,5-11H2,(H,21,22)/t12-,13+,18?,19?. The highest BCUT2D eigenvalue weighted by Gasteiger charge is 2.60. The van der Waals surface area contributed by atoms with Crippen LogP contribution in [0.2, 0.25) is 5.02 Å². The first-order valence-electron chi connectivity index (χ1n) is 8.81. The van der Waals surface area contributed by atoms with E-state index < -0.39 is 11.0 Å². The van der Waals surface area contributed by atoms with Crippen molar-refractivity contribution in [2.75, 3.05) is 11.9 Å². The lowest BCUT2D eigenvalue weighted by molar-refractivity contribution is -0.196. The number of hydrogen-bond donors (Lipinski definition) is 2. The number of benzene rings is 1. The van der Waals surface area contributed by atoms with E-state index in [1.54, 1.807) is 24.3 Å². The van der Waals surface area contributed by atoms with Gasteiger partial charge in [-0.15, -0.1) is 0 Å². The van der Waals surface area contributed by atoms with Crippen molar-refractivity contribution in [3.05, 3.63) is 29.3 Å². The summed E-state index contributed by atoms with van der Waals surface area (Å²) in [5, 5.41) is 14.0. The van der Waals surface area contributed by atoms with Crippen molar-refractivity contribution in [1.82, 2.24) is 0 Å². The van der Waals surface area contributed by atoms with Crippen LogP contribution in [0.1, 0.15) is 38.5 Å². The van der Waals surface area contributed by atoms with Gasteiger partial charge < -0.3 is 15.2 Å². The van der Waals surface area contributed by atoms with Crippen LogP contribution in [0.15, 0.2) is 24.3 Å². The number of ether oxygens (including phenoxy) is 1. The Morgan fingerprint density at radius 3 is 2.40 bits per heavy atom. The predicted octanol–water partition coefficient (Wildman–Crippen LogP) is 3.15. The highest BCUT2D eigenvalue weighted by Crippen LogP contribution is 2.61. The summed E-state index contributed by atoms with van der Waals surface area (Å²) in [6.07, 6.45) is 4.75. The summed E-state index contributed by atoms with van der Waals surface area (Å²) in [6, 6.07) is 6.74. The van der Waals surface area contributed by atoms with E-state index in [-0.39, 0.29) is 18.5 Å². The molecule has 0 aromatic heterocycles. The zero-order chi connectivity index (χ0) is 17.7. The fourth-order valence-electron chi connectivity index (χ4n) is 5.47. The molecule has 2 N–H and O–H groups in total. The smallest absolute Gasteiger partial charge is 0.312 e. The third kappa shape index (κ3) is 3.27. The van der Waals surface area contributed by atoms with E-state index in [9.17, 15) is 14.7 Å². The number of nitrogens with one attached hydrogen (secondary N) is 1. The third-order valence-electron chi connectivity index (χ3n) is 5.93. The number of halogens is 1. The van der Waals surface area contributed by atoms with E-state index in [0.29, 0.717) is 29.0 Å². The van der Waals surface area contributed by atoms with Crippen LogP contribution in [0, 0.1) is 17.3 Å². The molecule has 134 valence electrons. The van der Waals surface area contributed by atoms with Crippen LogP contribution in [0.25, 0.3) is 0 Å². The molecule has 4 fully saturated rings. The Hall–Kier alpha value is -1.59. The van der Waals surface area contributed by atoms with Crippen LogP contribution >= 0.6 is 11.6 Å². The Bertz CT molecular complexity index is 688. The van der Waals surface area contributed by atoms with Crippen LogP contribution in [0.3, 0.4) is 0 Å². The highest BCUT2D eigenvalue weighted by molar-refractivity contribution is 6.30. The molecule has 5 nitrogen and oxygen atoms in total. The number of aliphatic hydroxyl groups is 1. The molecular weight excluding hydrogens is 342 g/mol. The van der Waals surface area contributed by atoms with Crippen LogP contribution in [-0.2, 0) is 14.3 Å². The first-order chi connectivity index (χ1) is 11.9. The van der Waals surface area contributed by atoms with Gasteiger partial charge in [-0.25, -0.2) is 0 Å². The molecule has 1 amide bonds. The van der Waals surface area contributed by atoms with Crippen LogP contribution in [-0.4, -0.2) is 29.2 Å². The molecule has 4 atom stereocenters. The molecule has 1 aromatic carbocycles. The lowest BCUT2D eigenvalue weighted by atomic mass is 9.48. The van der Waals surface area contributed by atoms with Crippen molar-refractivity contribution in [2.24, 2.45) is 17.3 Å². The molecule has 4 aliphatic rings. The first kappa shape index (κ1) is 16.9. The topological polar surface area (TPSA) is 75.6 Å².